The second kappa shape index (κ2) is 8.57. The van der Waals surface area contributed by atoms with Gasteiger partial charge >= 0.3 is 6.09 Å². The van der Waals surface area contributed by atoms with E-state index >= 15 is 0 Å². The van der Waals surface area contributed by atoms with Gasteiger partial charge in [-0.2, -0.15) is 0 Å². The van der Waals surface area contributed by atoms with E-state index in [9.17, 15) is 9.59 Å². The highest BCUT2D eigenvalue weighted by Crippen LogP contribution is 2.17. The van der Waals surface area contributed by atoms with Gasteiger partial charge in [0.1, 0.15) is 29.8 Å². The van der Waals surface area contributed by atoms with Crippen molar-refractivity contribution < 1.29 is 19.1 Å². The largest absolute Gasteiger partial charge is 0.486 e. The SMILES string of the molecule is CC(NC(=O)OC(C)(C)C)C(=O)Nc1ccc(OCc2nccn2C)cc1. The van der Waals surface area contributed by atoms with Gasteiger partial charge in [0.05, 0.1) is 0 Å². The summed E-state index contributed by atoms with van der Waals surface area (Å²) < 4.78 is 12.7. The molecule has 2 rings (SSSR count). The molecule has 0 aliphatic carbocycles. The van der Waals surface area contributed by atoms with Crippen LogP contribution in [-0.4, -0.2) is 33.2 Å². The number of nitrogens with one attached hydrogen (secondary N) is 2. The molecule has 1 aromatic carbocycles. The molecule has 8 heteroatoms. The summed E-state index contributed by atoms with van der Waals surface area (Å²) in [6.07, 6.45) is 2.93. The first-order valence-corrected chi connectivity index (χ1v) is 8.63. The Morgan fingerprint density at radius 2 is 1.89 bits per heavy atom. The van der Waals surface area contributed by atoms with Crippen molar-refractivity contribution in [1.82, 2.24) is 14.9 Å². The molecule has 1 aromatic heterocycles. The Hall–Kier alpha value is -3.03. The maximum absolute atomic E-state index is 12.2. The Morgan fingerprint density at radius 1 is 1.22 bits per heavy atom. The molecule has 8 nitrogen and oxygen atoms in total. The third-order valence-electron chi connectivity index (χ3n) is 3.54. The van der Waals surface area contributed by atoms with Gasteiger partial charge in [-0.15, -0.1) is 0 Å². The van der Waals surface area contributed by atoms with Crippen LogP contribution in [0.25, 0.3) is 0 Å². The van der Waals surface area contributed by atoms with Crippen LogP contribution >= 0.6 is 0 Å². The van der Waals surface area contributed by atoms with Crippen molar-refractivity contribution in [2.75, 3.05) is 5.32 Å². The number of alkyl carbamates (subject to hydrolysis) is 1. The molecule has 0 saturated carbocycles. The van der Waals surface area contributed by atoms with E-state index in [4.69, 9.17) is 9.47 Å². The summed E-state index contributed by atoms with van der Waals surface area (Å²) >= 11 is 0. The first-order chi connectivity index (χ1) is 12.6. The summed E-state index contributed by atoms with van der Waals surface area (Å²) in [6.45, 7) is 7.22. The summed E-state index contributed by atoms with van der Waals surface area (Å²) in [6, 6.07) is 6.23. The van der Waals surface area contributed by atoms with E-state index in [0.717, 1.165) is 5.82 Å². The number of aromatic nitrogens is 2. The zero-order chi connectivity index (χ0) is 20.0. The molecule has 1 unspecified atom stereocenters. The fraction of sp³-hybridized carbons (Fsp3) is 0.421. The summed E-state index contributed by atoms with van der Waals surface area (Å²) in [5.74, 6) is 1.13. The first kappa shape index (κ1) is 20.3. The lowest BCUT2D eigenvalue weighted by Gasteiger charge is -2.21. The van der Waals surface area contributed by atoms with E-state index in [2.05, 4.69) is 15.6 Å². The molecule has 1 atom stereocenters. The van der Waals surface area contributed by atoms with Crippen molar-refractivity contribution in [3.05, 3.63) is 42.5 Å². The number of carbonyl (C=O) groups is 2. The van der Waals surface area contributed by atoms with Crippen molar-refractivity contribution in [3.8, 4) is 5.75 Å². The molecule has 0 aliphatic rings. The molecular formula is C19H26N4O4. The maximum atomic E-state index is 12.2. The number of rotatable bonds is 6. The van der Waals surface area contributed by atoms with Gasteiger partial charge in [-0.1, -0.05) is 0 Å². The average molecular weight is 374 g/mol. The monoisotopic (exact) mass is 374 g/mol. The van der Waals surface area contributed by atoms with Gasteiger partial charge in [0.25, 0.3) is 0 Å². The zero-order valence-corrected chi connectivity index (χ0v) is 16.3. The van der Waals surface area contributed by atoms with Gasteiger partial charge in [0.15, 0.2) is 0 Å². The van der Waals surface area contributed by atoms with Crippen molar-refractivity contribution in [1.29, 1.82) is 0 Å². The van der Waals surface area contributed by atoms with Crippen LogP contribution in [0.15, 0.2) is 36.7 Å². The summed E-state index contributed by atoms with van der Waals surface area (Å²) in [4.78, 5) is 28.1. The molecule has 2 amide bonds. The Kier molecular flexibility index (Phi) is 6.44. The second-order valence-corrected chi connectivity index (χ2v) is 7.12. The number of nitrogens with zero attached hydrogens (tertiary/aromatic N) is 2. The van der Waals surface area contributed by atoms with E-state index < -0.39 is 17.7 Å². The normalized spacial score (nSPS) is 12.2. The molecule has 0 spiro atoms. The van der Waals surface area contributed by atoms with Crippen LogP contribution in [0.5, 0.6) is 5.75 Å². The minimum absolute atomic E-state index is 0.345. The molecular weight excluding hydrogens is 348 g/mol. The molecule has 0 aliphatic heterocycles. The lowest BCUT2D eigenvalue weighted by atomic mass is 10.2. The minimum atomic E-state index is -0.737. The number of carbonyl (C=O) groups excluding carboxylic acids is 2. The zero-order valence-electron chi connectivity index (χ0n) is 16.3. The predicted molar refractivity (Wildman–Crippen MR) is 101 cm³/mol. The van der Waals surface area contributed by atoms with E-state index in [1.165, 1.54) is 0 Å². The van der Waals surface area contributed by atoms with Crippen LogP contribution in [0.2, 0.25) is 0 Å². The summed E-state index contributed by atoms with van der Waals surface area (Å²) in [5.41, 5.74) is -0.0208. The van der Waals surface area contributed by atoms with E-state index in [-0.39, 0.29) is 5.91 Å². The van der Waals surface area contributed by atoms with E-state index in [1.54, 1.807) is 58.2 Å². The fourth-order valence-corrected chi connectivity index (χ4v) is 2.12. The fourth-order valence-electron chi connectivity index (χ4n) is 2.12. The van der Waals surface area contributed by atoms with E-state index in [0.29, 0.717) is 18.0 Å². The number of anilines is 1. The number of hydrogen-bond donors (Lipinski definition) is 2. The number of imidazole rings is 1. The van der Waals surface area contributed by atoms with Gasteiger partial charge in [0, 0.05) is 25.1 Å². The summed E-state index contributed by atoms with van der Waals surface area (Å²) in [7, 11) is 1.90. The van der Waals surface area contributed by atoms with Gasteiger partial charge in [0.2, 0.25) is 5.91 Å². The lowest BCUT2D eigenvalue weighted by Crippen LogP contribution is -2.43. The van der Waals surface area contributed by atoms with Crippen molar-refractivity contribution >= 4 is 17.7 Å². The number of aryl methyl sites for hydroxylation is 1. The van der Waals surface area contributed by atoms with Crippen LogP contribution in [-0.2, 0) is 23.2 Å². The van der Waals surface area contributed by atoms with Crippen LogP contribution in [0.3, 0.4) is 0 Å². The second-order valence-electron chi connectivity index (χ2n) is 7.12. The Bertz CT molecular complexity index is 778. The molecule has 1 heterocycles. The number of ether oxygens (including phenoxy) is 2. The van der Waals surface area contributed by atoms with Crippen LogP contribution in [0.1, 0.15) is 33.5 Å². The summed E-state index contributed by atoms with van der Waals surface area (Å²) in [5, 5.41) is 5.24. The Morgan fingerprint density at radius 3 is 2.44 bits per heavy atom. The molecule has 0 radical (unpaired) electrons. The van der Waals surface area contributed by atoms with Crippen molar-refractivity contribution in [2.45, 2.75) is 45.9 Å². The number of hydrogen-bond acceptors (Lipinski definition) is 5. The molecule has 0 bridgehead atoms. The van der Waals surface area contributed by atoms with Crippen molar-refractivity contribution in [3.63, 3.8) is 0 Å². The molecule has 2 N–H and O–H groups in total. The molecule has 146 valence electrons. The van der Waals surface area contributed by atoms with Crippen LogP contribution in [0.4, 0.5) is 10.5 Å². The molecule has 0 saturated heterocycles. The molecule has 27 heavy (non-hydrogen) atoms. The van der Waals surface area contributed by atoms with E-state index in [1.807, 2.05) is 17.8 Å². The third kappa shape index (κ3) is 6.65. The van der Waals surface area contributed by atoms with Crippen molar-refractivity contribution in [2.24, 2.45) is 7.05 Å². The van der Waals surface area contributed by atoms with Gasteiger partial charge in [-0.05, 0) is 52.0 Å². The topological polar surface area (TPSA) is 94.5 Å². The van der Waals surface area contributed by atoms with Crippen LogP contribution in [0, 0.1) is 0 Å². The number of amides is 2. The first-order valence-electron chi connectivity index (χ1n) is 8.63. The van der Waals surface area contributed by atoms with Crippen LogP contribution < -0.4 is 15.4 Å². The quantitative estimate of drug-likeness (QED) is 0.811. The molecule has 2 aromatic rings. The van der Waals surface area contributed by atoms with Gasteiger partial charge < -0.3 is 24.7 Å². The number of benzene rings is 1. The highest BCUT2D eigenvalue weighted by Gasteiger charge is 2.21. The maximum Gasteiger partial charge on any atom is 0.408 e. The average Bonchev–Trinajstić information content (AvgIpc) is 2.97. The standard InChI is InChI=1S/C19H26N4O4/c1-13(21-18(25)27-19(2,3)4)17(24)22-14-6-8-15(9-7-14)26-12-16-20-10-11-23(16)5/h6-11,13H,12H2,1-5H3,(H,21,25)(H,22,24). The molecule has 0 fully saturated rings. The Balaban J connectivity index is 1.83. The van der Waals surface area contributed by atoms with Gasteiger partial charge in [-0.25, -0.2) is 9.78 Å². The highest BCUT2D eigenvalue weighted by atomic mass is 16.6. The predicted octanol–water partition coefficient (Wildman–Crippen LogP) is 2.85. The van der Waals surface area contributed by atoms with Gasteiger partial charge in [-0.3, -0.25) is 4.79 Å². The Labute approximate surface area is 158 Å². The highest BCUT2D eigenvalue weighted by molar-refractivity contribution is 5.96. The smallest absolute Gasteiger partial charge is 0.408 e. The third-order valence-corrected chi connectivity index (χ3v) is 3.54. The minimum Gasteiger partial charge on any atom is -0.486 e. The lowest BCUT2D eigenvalue weighted by molar-refractivity contribution is -0.117.